The third-order valence-electron chi connectivity index (χ3n) is 1.95. The molecule has 74 valence electrons. The van der Waals surface area contributed by atoms with Crippen LogP contribution in [0.3, 0.4) is 0 Å². The van der Waals surface area contributed by atoms with E-state index in [0.29, 0.717) is 17.7 Å². The molecule has 0 N–H and O–H groups in total. The molecule has 0 saturated carbocycles. The molecule has 0 aliphatic carbocycles. The zero-order valence-electron chi connectivity index (χ0n) is 8.54. The van der Waals surface area contributed by atoms with E-state index in [1.807, 2.05) is 26.0 Å². The molecule has 0 aromatic heterocycles. The fraction of sp³-hybridized carbons (Fsp3) is 0.250. The lowest BCUT2D eigenvalue weighted by Gasteiger charge is -2.04. The van der Waals surface area contributed by atoms with Crippen LogP contribution in [0.1, 0.15) is 18.9 Å². The first-order valence-electron chi connectivity index (χ1n) is 4.60. The fourth-order valence-corrected chi connectivity index (χ4v) is 0.930. The normalized spacial score (nSPS) is 9.57. The van der Waals surface area contributed by atoms with E-state index in [4.69, 9.17) is 4.74 Å². The maximum absolute atomic E-state index is 11.3. The van der Waals surface area contributed by atoms with Gasteiger partial charge in [0.2, 0.25) is 0 Å². The minimum atomic E-state index is -0.351. The van der Waals surface area contributed by atoms with E-state index in [1.165, 1.54) is 0 Å². The number of carbonyl (C=O) groups is 1. The Bertz CT molecular complexity index is 336. The number of benzene rings is 1. The second kappa shape index (κ2) is 4.61. The van der Waals surface area contributed by atoms with Crippen LogP contribution in [0.2, 0.25) is 0 Å². The van der Waals surface area contributed by atoms with E-state index in [0.717, 1.165) is 5.56 Å². The van der Waals surface area contributed by atoms with Crippen molar-refractivity contribution in [3.05, 3.63) is 42.0 Å². The fourth-order valence-electron chi connectivity index (χ4n) is 0.930. The molecule has 0 unspecified atom stereocenters. The highest BCUT2D eigenvalue weighted by Crippen LogP contribution is 2.13. The Morgan fingerprint density at radius 2 is 1.93 bits per heavy atom. The van der Waals surface area contributed by atoms with Gasteiger partial charge in [-0.1, -0.05) is 31.2 Å². The Labute approximate surface area is 84.2 Å². The summed E-state index contributed by atoms with van der Waals surface area (Å²) in [6, 6.07) is 7.35. The SMILES string of the molecule is C=C(CC)C(=O)Oc1ccc(C)cc1. The van der Waals surface area contributed by atoms with Crippen molar-refractivity contribution in [2.45, 2.75) is 20.3 Å². The van der Waals surface area contributed by atoms with E-state index in [2.05, 4.69) is 6.58 Å². The van der Waals surface area contributed by atoms with Crippen LogP contribution in [0.4, 0.5) is 0 Å². The number of ether oxygens (including phenoxy) is 1. The molecule has 0 bridgehead atoms. The third-order valence-corrected chi connectivity index (χ3v) is 1.95. The lowest BCUT2D eigenvalue weighted by molar-refractivity contribution is -0.130. The minimum Gasteiger partial charge on any atom is -0.423 e. The van der Waals surface area contributed by atoms with E-state index in [1.54, 1.807) is 12.1 Å². The van der Waals surface area contributed by atoms with Crippen LogP contribution in [-0.2, 0) is 4.79 Å². The first kappa shape index (κ1) is 10.5. The first-order chi connectivity index (χ1) is 6.63. The Hall–Kier alpha value is -1.57. The highest BCUT2D eigenvalue weighted by atomic mass is 16.5. The van der Waals surface area contributed by atoms with E-state index >= 15 is 0 Å². The van der Waals surface area contributed by atoms with Crippen LogP contribution >= 0.6 is 0 Å². The number of aryl methyl sites for hydroxylation is 1. The molecule has 0 radical (unpaired) electrons. The van der Waals surface area contributed by atoms with Gasteiger partial charge in [-0.3, -0.25) is 0 Å². The van der Waals surface area contributed by atoms with Gasteiger partial charge in [-0.25, -0.2) is 4.79 Å². The van der Waals surface area contributed by atoms with Crippen molar-refractivity contribution in [3.8, 4) is 5.75 Å². The topological polar surface area (TPSA) is 26.3 Å². The van der Waals surface area contributed by atoms with Gasteiger partial charge in [0.15, 0.2) is 0 Å². The second-order valence-electron chi connectivity index (χ2n) is 3.16. The summed E-state index contributed by atoms with van der Waals surface area (Å²) < 4.78 is 5.08. The summed E-state index contributed by atoms with van der Waals surface area (Å²) in [7, 11) is 0. The van der Waals surface area contributed by atoms with Gasteiger partial charge < -0.3 is 4.74 Å². The van der Waals surface area contributed by atoms with Crippen LogP contribution < -0.4 is 4.74 Å². The number of rotatable bonds is 3. The zero-order chi connectivity index (χ0) is 10.6. The van der Waals surface area contributed by atoms with Crippen LogP contribution in [-0.4, -0.2) is 5.97 Å². The molecule has 1 aromatic carbocycles. The van der Waals surface area contributed by atoms with E-state index < -0.39 is 0 Å². The third kappa shape index (κ3) is 2.73. The Balaban J connectivity index is 2.65. The van der Waals surface area contributed by atoms with Crippen molar-refractivity contribution in [1.82, 2.24) is 0 Å². The number of hydrogen-bond acceptors (Lipinski definition) is 2. The predicted molar refractivity (Wildman–Crippen MR) is 56.2 cm³/mol. The second-order valence-corrected chi connectivity index (χ2v) is 3.16. The predicted octanol–water partition coefficient (Wildman–Crippen LogP) is 2.87. The molecular weight excluding hydrogens is 176 g/mol. The molecule has 2 heteroatoms. The van der Waals surface area contributed by atoms with Gasteiger partial charge in [-0.15, -0.1) is 0 Å². The van der Waals surface area contributed by atoms with Crippen LogP contribution in [0.25, 0.3) is 0 Å². The summed E-state index contributed by atoms with van der Waals surface area (Å²) in [5.74, 6) is 0.214. The molecule has 0 spiro atoms. The number of esters is 1. The van der Waals surface area contributed by atoms with Crippen LogP contribution in [0, 0.1) is 6.92 Å². The zero-order valence-corrected chi connectivity index (χ0v) is 8.54. The molecule has 1 aromatic rings. The van der Waals surface area contributed by atoms with Gasteiger partial charge in [-0.05, 0) is 25.5 Å². The number of carbonyl (C=O) groups excluding carboxylic acids is 1. The Kier molecular flexibility index (Phi) is 3.46. The minimum absolute atomic E-state index is 0.351. The van der Waals surface area contributed by atoms with Crippen molar-refractivity contribution in [2.75, 3.05) is 0 Å². The summed E-state index contributed by atoms with van der Waals surface area (Å²) >= 11 is 0. The average molecular weight is 190 g/mol. The first-order valence-corrected chi connectivity index (χ1v) is 4.60. The largest absolute Gasteiger partial charge is 0.423 e. The monoisotopic (exact) mass is 190 g/mol. The standard InChI is InChI=1S/C12H14O2/c1-4-10(3)12(13)14-11-7-5-9(2)6-8-11/h5-8H,3-4H2,1-2H3. The Morgan fingerprint density at radius 1 is 1.36 bits per heavy atom. The van der Waals surface area contributed by atoms with Gasteiger partial charge in [0.25, 0.3) is 0 Å². The van der Waals surface area contributed by atoms with Gasteiger partial charge in [0.1, 0.15) is 5.75 Å². The van der Waals surface area contributed by atoms with Crippen molar-refractivity contribution in [3.63, 3.8) is 0 Å². The lowest BCUT2D eigenvalue weighted by atomic mass is 10.2. The summed E-state index contributed by atoms with van der Waals surface area (Å²) in [5, 5.41) is 0. The summed E-state index contributed by atoms with van der Waals surface area (Å²) in [6.07, 6.45) is 0.616. The van der Waals surface area contributed by atoms with Crippen LogP contribution in [0.5, 0.6) is 5.75 Å². The van der Waals surface area contributed by atoms with Crippen molar-refractivity contribution >= 4 is 5.97 Å². The van der Waals surface area contributed by atoms with E-state index in [9.17, 15) is 4.79 Å². The Morgan fingerprint density at radius 3 is 2.43 bits per heavy atom. The summed E-state index contributed by atoms with van der Waals surface area (Å²) in [5.41, 5.74) is 1.63. The molecular formula is C12H14O2. The molecule has 0 amide bonds. The maximum atomic E-state index is 11.3. The molecule has 0 atom stereocenters. The highest BCUT2D eigenvalue weighted by Gasteiger charge is 2.06. The molecule has 0 aliphatic heterocycles. The molecule has 0 aliphatic rings. The molecule has 14 heavy (non-hydrogen) atoms. The highest BCUT2D eigenvalue weighted by molar-refractivity contribution is 5.89. The van der Waals surface area contributed by atoms with E-state index in [-0.39, 0.29) is 5.97 Å². The van der Waals surface area contributed by atoms with Gasteiger partial charge in [0, 0.05) is 5.57 Å². The molecule has 0 saturated heterocycles. The van der Waals surface area contributed by atoms with Crippen molar-refractivity contribution < 1.29 is 9.53 Å². The van der Waals surface area contributed by atoms with Gasteiger partial charge in [-0.2, -0.15) is 0 Å². The maximum Gasteiger partial charge on any atom is 0.338 e. The van der Waals surface area contributed by atoms with Crippen molar-refractivity contribution in [1.29, 1.82) is 0 Å². The molecule has 0 fully saturated rings. The smallest absolute Gasteiger partial charge is 0.338 e. The van der Waals surface area contributed by atoms with Gasteiger partial charge >= 0.3 is 5.97 Å². The summed E-state index contributed by atoms with van der Waals surface area (Å²) in [6.45, 7) is 7.47. The lowest BCUT2D eigenvalue weighted by Crippen LogP contribution is -2.09. The van der Waals surface area contributed by atoms with Crippen LogP contribution in [0.15, 0.2) is 36.4 Å². The molecule has 1 rings (SSSR count). The number of hydrogen-bond donors (Lipinski definition) is 0. The average Bonchev–Trinajstić information content (AvgIpc) is 2.20. The summed E-state index contributed by atoms with van der Waals surface area (Å²) in [4.78, 5) is 11.3. The molecule has 0 heterocycles. The quantitative estimate of drug-likeness (QED) is 0.416. The molecule has 2 nitrogen and oxygen atoms in total. The van der Waals surface area contributed by atoms with Gasteiger partial charge in [0.05, 0.1) is 0 Å². The van der Waals surface area contributed by atoms with Crippen molar-refractivity contribution in [2.24, 2.45) is 0 Å².